The van der Waals surface area contributed by atoms with Crippen molar-refractivity contribution in [2.75, 3.05) is 18.5 Å². The summed E-state index contributed by atoms with van der Waals surface area (Å²) in [5.41, 5.74) is 2.07. The van der Waals surface area contributed by atoms with E-state index in [9.17, 15) is 9.59 Å². The van der Waals surface area contributed by atoms with E-state index in [-0.39, 0.29) is 17.6 Å². The quantitative estimate of drug-likeness (QED) is 0.851. The summed E-state index contributed by atoms with van der Waals surface area (Å²) in [5, 5.41) is 2.86. The number of rotatable bonds is 3. The van der Waals surface area contributed by atoms with Crippen LogP contribution in [0.25, 0.3) is 0 Å². The number of hydrogen-bond acceptors (Lipinski definition) is 3. The largest absolute Gasteiger partial charge is 0.381 e. The van der Waals surface area contributed by atoms with Gasteiger partial charge in [-0.1, -0.05) is 12.1 Å². The lowest BCUT2D eigenvalue weighted by Crippen LogP contribution is -2.30. The summed E-state index contributed by atoms with van der Waals surface area (Å²) in [4.78, 5) is 23.8. The molecule has 4 heteroatoms. The van der Waals surface area contributed by atoms with Gasteiger partial charge in [0.25, 0.3) is 0 Å². The fraction of sp³-hybridized carbons (Fsp3) is 0.467. The zero-order valence-electron chi connectivity index (χ0n) is 11.4. The van der Waals surface area contributed by atoms with Crippen molar-refractivity contribution < 1.29 is 14.3 Å². The molecule has 0 radical (unpaired) electrons. The van der Waals surface area contributed by atoms with Crippen LogP contribution >= 0.6 is 0 Å². The second-order valence-electron chi connectivity index (χ2n) is 4.96. The molecule has 19 heavy (non-hydrogen) atoms. The Hall–Kier alpha value is -1.68. The summed E-state index contributed by atoms with van der Waals surface area (Å²) < 4.78 is 5.31. The van der Waals surface area contributed by atoms with Gasteiger partial charge in [-0.3, -0.25) is 9.59 Å². The lowest BCUT2D eigenvalue weighted by molar-refractivity contribution is -0.123. The van der Waals surface area contributed by atoms with E-state index in [1.807, 2.05) is 19.1 Å². The van der Waals surface area contributed by atoms with Crippen molar-refractivity contribution in [2.45, 2.75) is 26.7 Å². The third-order valence-electron chi connectivity index (χ3n) is 3.41. The molecule has 1 fully saturated rings. The van der Waals surface area contributed by atoms with E-state index in [2.05, 4.69) is 5.32 Å². The average molecular weight is 261 g/mol. The third kappa shape index (κ3) is 3.20. The van der Waals surface area contributed by atoms with E-state index >= 15 is 0 Å². The minimum atomic E-state index is -0.117. The first-order chi connectivity index (χ1) is 9.09. The average Bonchev–Trinajstić information content (AvgIpc) is 2.39. The van der Waals surface area contributed by atoms with Gasteiger partial charge in [-0.2, -0.15) is 0 Å². The molecule has 0 aliphatic carbocycles. The van der Waals surface area contributed by atoms with E-state index < -0.39 is 0 Å². The van der Waals surface area contributed by atoms with Crippen molar-refractivity contribution in [3.05, 3.63) is 29.3 Å². The van der Waals surface area contributed by atoms with Gasteiger partial charge in [0.1, 0.15) is 0 Å². The Morgan fingerprint density at radius 2 is 2.16 bits per heavy atom. The molecule has 1 amide bonds. The first-order valence-electron chi connectivity index (χ1n) is 6.58. The Labute approximate surface area is 113 Å². The smallest absolute Gasteiger partial charge is 0.229 e. The number of carbonyl (C=O) groups excluding carboxylic acids is 2. The molecule has 2 rings (SSSR count). The van der Waals surface area contributed by atoms with Crippen LogP contribution < -0.4 is 5.32 Å². The monoisotopic (exact) mass is 261 g/mol. The summed E-state index contributed by atoms with van der Waals surface area (Å²) >= 11 is 0. The van der Waals surface area contributed by atoms with Gasteiger partial charge in [0.2, 0.25) is 5.91 Å². The number of ether oxygens (including phenoxy) is 1. The van der Waals surface area contributed by atoms with E-state index in [0.717, 1.165) is 25.0 Å². The van der Waals surface area contributed by atoms with E-state index in [4.69, 9.17) is 4.74 Å². The number of hydrogen-bond donors (Lipinski definition) is 1. The topological polar surface area (TPSA) is 55.4 Å². The number of anilines is 1. The Balaban J connectivity index is 2.16. The van der Waals surface area contributed by atoms with Crippen molar-refractivity contribution >= 4 is 17.4 Å². The highest BCUT2D eigenvalue weighted by molar-refractivity contribution is 6.05. The van der Waals surface area contributed by atoms with Crippen LogP contribution in [0.1, 0.15) is 35.7 Å². The number of ketones is 1. The third-order valence-corrected chi connectivity index (χ3v) is 3.41. The molecule has 1 N–H and O–H groups in total. The molecule has 0 saturated carbocycles. The molecule has 102 valence electrons. The van der Waals surface area contributed by atoms with Crippen LogP contribution in [0.2, 0.25) is 0 Å². The number of amides is 1. The molecule has 1 saturated heterocycles. The lowest BCUT2D eigenvalue weighted by atomic mass is 9.99. The Bertz CT molecular complexity index is 490. The molecular weight excluding hydrogens is 242 g/mol. The fourth-order valence-electron chi connectivity index (χ4n) is 2.42. The van der Waals surface area contributed by atoms with E-state index in [1.165, 1.54) is 6.92 Å². The zero-order valence-corrected chi connectivity index (χ0v) is 11.4. The minimum Gasteiger partial charge on any atom is -0.381 e. The van der Waals surface area contributed by atoms with Gasteiger partial charge in [0, 0.05) is 12.2 Å². The van der Waals surface area contributed by atoms with Crippen LogP contribution in [0.3, 0.4) is 0 Å². The highest BCUT2D eigenvalue weighted by Crippen LogP contribution is 2.22. The molecule has 1 aromatic rings. The SMILES string of the molecule is CC(=O)c1c(C)cccc1NC(=O)C1CCCOC1. The summed E-state index contributed by atoms with van der Waals surface area (Å²) in [6, 6.07) is 5.48. The van der Waals surface area contributed by atoms with Crippen molar-refractivity contribution in [2.24, 2.45) is 5.92 Å². The zero-order chi connectivity index (χ0) is 13.8. The Morgan fingerprint density at radius 1 is 1.37 bits per heavy atom. The maximum absolute atomic E-state index is 12.2. The van der Waals surface area contributed by atoms with Crippen LogP contribution in [-0.2, 0) is 9.53 Å². The van der Waals surface area contributed by atoms with Crippen LogP contribution in [0.4, 0.5) is 5.69 Å². The number of aryl methyl sites for hydroxylation is 1. The summed E-state index contributed by atoms with van der Waals surface area (Å²) in [6.07, 6.45) is 1.75. The highest BCUT2D eigenvalue weighted by atomic mass is 16.5. The highest BCUT2D eigenvalue weighted by Gasteiger charge is 2.23. The van der Waals surface area contributed by atoms with Gasteiger partial charge in [-0.05, 0) is 38.3 Å². The van der Waals surface area contributed by atoms with Crippen molar-refractivity contribution in [3.63, 3.8) is 0 Å². The van der Waals surface area contributed by atoms with Gasteiger partial charge in [-0.15, -0.1) is 0 Å². The molecule has 1 unspecified atom stereocenters. The molecule has 1 aliphatic rings. The summed E-state index contributed by atoms with van der Waals surface area (Å²) in [5.74, 6) is -0.213. The van der Waals surface area contributed by atoms with E-state index in [0.29, 0.717) is 17.9 Å². The van der Waals surface area contributed by atoms with Crippen molar-refractivity contribution in [3.8, 4) is 0 Å². The second-order valence-corrected chi connectivity index (χ2v) is 4.96. The fourth-order valence-corrected chi connectivity index (χ4v) is 2.42. The Morgan fingerprint density at radius 3 is 2.79 bits per heavy atom. The predicted octanol–water partition coefficient (Wildman–Crippen LogP) is 2.56. The van der Waals surface area contributed by atoms with Crippen LogP contribution in [-0.4, -0.2) is 24.9 Å². The lowest BCUT2D eigenvalue weighted by Gasteiger charge is -2.22. The molecule has 0 spiro atoms. The Kier molecular flexibility index (Phi) is 4.32. The molecule has 1 atom stereocenters. The standard InChI is InChI=1S/C15H19NO3/c1-10-5-3-7-13(14(10)11(2)17)16-15(18)12-6-4-8-19-9-12/h3,5,7,12H,4,6,8-9H2,1-2H3,(H,16,18). The van der Waals surface area contributed by atoms with Gasteiger partial charge in [0.15, 0.2) is 5.78 Å². The van der Waals surface area contributed by atoms with Crippen LogP contribution in [0.5, 0.6) is 0 Å². The van der Waals surface area contributed by atoms with Gasteiger partial charge in [-0.25, -0.2) is 0 Å². The minimum absolute atomic E-state index is 0.0340. The van der Waals surface area contributed by atoms with E-state index in [1.54, 1.807) is 6.07 Å². The normalized spacial score (nSPS) is 18.9. The molecule has 4 nitrogen and oxygen atoms in total. The number of benzene rings is 1. The number of nitrogens with one attached hydrogen (secondary N) is 1. The molecule has 1 aromatic carbocycles. The van der Waals surface area contributed by atoms with Crippen LogP contribution in [0, 0.1) is 12.8 Å². The maximum atomic E-state index is 12.2. The summed E-state index contributed by atoms with van der Waals surface area (Å²) in [6.45, 7) is 4.58. The van der Waals surface area contributed by atoms with Crippen molar-refractivity contribution in [1.82, 2.24) is 0 Å². The van der Waals surface area contributed by atoms with Crippen LogP contribution in [0.15, 0.2) is 18.2 Å². The summed E-state index contributed by atoms with van der Waals surface area (Å²) in [7, 11) is 0. The maximum Gasteiger partial charge on any atom is 0.229 e. The van der Waals surface area contributed by atoms with Crippen molar-refractivity contribution in [1.29, 1.82) is 0 Å². The van der Waals surface area contributed by atoms with Gasteiger partial charge < -0.3 is 10.1 Å². The second kappa shape index (κ2) is 5.97. The van der Waals surface area contributed by atoms with Gasteiger partial charge >= 0.3 is 0 Å². The van der Waals surface area contributed by atoms with Gasteiger partial charge in [0.05, 0.1) is 18.2 Å². The number of carbonyl (C=O) groups is 2. The number of Topliss-reactive ketones (excluding diaryl/α,β-unsaturated/α-hetero) is 1. The molecular formula is C15H19NO3. The molecule has 1 heterocycles. The molecule has 0 aromatic heterocycles. The molecule has 1 aliphatic heterocycles. The predicted molar refractivity (Wildman–Crippen MR) is 73.4 cm³/mol. The first kappa shape index (κ1) is 13.7. The first-order valence-corrected chi connectivity index (χ1v) is 6.58. The molecule has 0 bridgehead atoms.